The van der Waals surface area contributed by atoms with E-state index in [0.29, 0.717) is 19.6 Å². The average molecular weight is 263 g/mol. The molecule has 4 heteroatoms. The molecule has 1 unspecified atom stereocenters. The van der Waals surface area contributed by atoms with Gasteiger partial charge in [0.15, 0.2) is 12.0 Å². The van der Waals surface area contributed by atoms with Gasteiger partial charge in [0.05, 0.1) is 13.2 Å². The van der Waals surface area contributed by atoms with Gasteiger partial charge in [0.2, 0.25) is 0 Å². The highest BCUT2D eigenvalue weighted by Gasteiger charge is 2.39. The molecule has 104 valence electrons. The summed E-state index contributed by atoms with van der Waals surface area (Å²) in [5.74, 6) is 0. The second kappa shape index (κ2) is 6.80. The molecule has 0 bridgehead atoms. The quantitative estimate of drug-likeness (QED) is 0.792. The van der Waals surface area contributed by atoms with Gasteiger partial charge in [-0.15, -0.1) is 0 Å². The number of rotatable bonds is 6. The first kappa shape index (κ1) is 14.2. The average Bonchev–Trinajstić information content (AvgIpc) is 2.48. The first-order valence-corrected chi connectivity index (χ1v) is 6.81. The summed E-state index contributed by atoms with van der Waals surface area (Å²) in [5, 5.41) is 9.12. The zero-order valence-corrected chi connectivity index (χ0v) is 11.1. The Morgan fingerprint density at radius 3 is 2.79 bits per heavy atom. The smallest absolute Gasteiger partial charge is 0.178 e. The first-order chi connectivity index (χ1) is 9.30. The largest absolute Gasteiger partial charge is 0.395 e. The molecule has 1 saturated heterocycles. The minimum absolute atomic E-state index is 0.0459. The Bertz CT molecular complexity index is 394. The van der Waals surface area contributed by atoms with E-state index in [-0.39, 0.29) is 6.61 Å². The second-order valence-corrected chi connectivity index (χ2v) is 4.90. The van der Waals surface area contributed by atoms with Crippen LogP contribution in [0.3, 0.4) is 0 Å². The van der Waals surface area contributed by atoms with Gasteiger partial charge < -0.3 is 9.84 Å². The van der Waals surface area contributed by atoms with Crippen LogP contribution in [0, 0.1) is 0 Å². The number of β-amino-alcohol motifs (C(OH)–C–C–N with tert-alkyl or cyclic N) is 1. The van der Waals surface area contributed by atoms with E-state index in [0.717, 1.165) is 31.2 Å². The molecule has 0 radical (unpaired) electrons. The lowest BCUT2D eigenvalue weighted by molar-refractivity contribution is -0.182. The third-order valence-electron chi connectivity index (χ3n) is 3.63. The lowest BCUT2D eigenvalue weighted by atomic mass is 9.99. The fraction of sp³-hybridized carbons (Fsp3) is 0.533. The van der Waals surface area contributed by atoms with Crippen LogP contribution in [0.25, 0.3) is 0 Å². The monoisotopic (exact) mass is 263 g/mol. The molecule has 1 heterocycles. The predicted molar refractivity (Wildman–Crippen MR) is 72.5 cm³/mol. The molecule has 1 aliphatic rings. The highest BCUT2D eigenvalue weighted by atomic mass is 16.5. The van der Waals surface area contributed by atoms with Gasteiger partial charge in [0.1, 0.15) is 0 Å². The van der Waals surface area contributed by atoms with Crippen molar-refractivity contribution in [2.24, 2.45) is 0 Å². The van der Waals surface area contributed by atoms with Crippen molar-refractivity contribution in [3.05, 3.63) is 35.9 Å². The van der Waals surface area contributed by atoms with E-state index < -0.39 is 5.72 Å². The van der Waals surface area contributed by atoms with Crippen molar-refractivity contribution in [1.29, 1.82) is 0 Å². The van der Waals surface area contributed by atoms with E-state index in [2.05, 4.69) is 0 Å². The van der Waals surface area contributed by atoms with Crippen LogP contribution in [-0.2, 0) is 16.1 Å². The van der Waals surface area contributed by atoms with E-state index in [4.69, 9.17) is 9.84 Å². The van der Waals surface area contributed by atoms with E-state index >= 15 is 0 Å². The number of nitrogens with zero attached hydrogens (tertiary/aromatic N) is 1. The van der Waals surface area contributed by atoms with Crippen molar-refractivity contribution < 1.29 is 14.6 Å². The number of aliphatic hydroxyl groups is 1. The third kappa shape index (κ3) is 3.41. The SMILES string of the molecule is O=CC1(OCc2ccccc2)CCCCN1CCO. The van der Waals surface area contributed by atoms with Gasteiger partial charge in [0, 0.05) is 13.1 Å². The molecule has 1 aromatic carbocycles. The third-order valence-corrected chi connectivity index (χ3v) is 3.63. The molecule has 0 amide bonds. The molecule has 0 spiro atoms. The molecule has 4 nitrogen and oxygen atoms in total. The van der Waals surface area contributed by atoms with Crippen molar-refractivity contribution in [2.45, 2.75) is 31.6 Å². The highest BCUT2D eigenvalue weighted by molar-refractivity contribution is 5.62. The molecule has 0 aliphatic carbocycles. The van der Waals surface area contributed by atoms with Crippen LogP contribution in [-0.4, -0.2) is 41.7 Å². The Kier molecular flexibility index (Phi) is 5.07. The topological polar surface area (TPSA) is 49.8 Å². The number of ether oxygens (including phenoxy) is 1. The van der Waals surface area contributed by atoms with Crippen molar-refractivity contribution >= 4 is 6.29 Å². The molecule has 2 rings (SSSR count). The Morgan fingerprint density at radius 1 is 1.32 bits per heavy atom. The van der Waals surface area contributed by atoms with E-state index in [1.165, 1.54) is 0 Å². The Hall–Kier alpha value is -1.23. The number of likely N-dealkylation sites (tertiary alicyclic amines) is 1. The van der Waals surface area contributed by atoms with Gasteiger partial charge in [-0.3, -0.25) is 9.69 Å². The number of benzene rings is 1. The van der Waals surface area contributed by atoms with Crippen LogP contribution in [0.1, 0.15) is 24.8 Å². The lowest BCUT2D eigenvalue weighted by Gasteiger charge is -2.42. The first-order valence-electron chi connectivity index (χ1n) is 6.81. The molecule has 0 aromatic heterocycles. The standard InChI is InChI=1S/C15H21NO3/c17-11-10-16-9-5-4-8-15(16,13-18)19-12-14-6-2-1-3-7-14/h1-3,6-7,13,17H,4-5,8-12H2. The summed E-state index contributed by atoms with van der Waals surface area (Å²) in [6.45, 7) is 1.74. The van der Waals surface area contributed by atoms with Crippen LogP contribution < -0.4 is 0 Å². The van der Waals surface area contributed by atoms with Crippen molar-refractivity contribution in [1.82, 2.24) is 4.90 Å². The second-order valence-electron chi connectivity index (χ2n) is 4.90. The van der Waals surface area contributed by atoms with Crippen molar-refractivity contribution in [3.8, 4) is 0 Å². The molecule has 0 saturated carbocycles. The predicted octanol–water partition coefficient (Wildman–Crippen LogP) is 1.58. The van der Waals surface area contributed by atoms with Crippen LogP contribution in [0.2, 0.25) is 0 Å². The normalized spacial score (nSPS) is 24.3. The minimum atomic E-state index is -0.864. The number of hydrogen-bond donors (Lipinski definition) is 1. The summed E-state index contributed by atoms with van der Waals surface area (Å²) in [4.78, 5) is 13.5. The number of piperidine rings is 1. The molecular weight excluding hydrogens is 242 g/mol. The number of aldehydes is 1. The Morgan fingerprint density at radius 2 is 2.11 bits per heavy atom. The fourth-order valence-electron chi connectivity index (χ4n) is 2.56. The van der Waals surface area contributed by atoms with Gasteiger partial charge in [0.25, 0.3) is 0 Å². The summed E-state index contributed by atoms with van der Waals surface area (Å²) >= 11 is 0. The fourth-order valence-corrected chi connectivity index (χ4v) is 2.56. The van der Waals surface area contributed by atoms with E-state index in [9.17, 15) is 4.79 Å². The van der Waals surface area contributed by atoms with Crippen LogP contribution in [0.15, 0.2) is 30.3 Å². The van der Waals surface area contributed by atoms with Crippen LogP contribution in [0.5, 0.6) is 0 Å². The summed E-state index contributed by atoms with van der Waals surface area (Å²) in [7, 11) is 0. The van der Waals surface area contributed by atoms with Gasteiger partial charge in [-0.1, -0.05) is 30.3 Å². The number of aliphatic hydroxyl groups excluding tert-OH is 1. The number of carbonyl (C=O) groups excluding carboxylic acids is 1. The molecule has 1 fully saturated rings. The van der Waals surface area contributed by atoms with Crippen LogP contribution in [0.4, 0.5) is 0 Å². The van der Waals surface area contributed by atoms with Crippen molar-refractivity contribution in [2.75, 3.05) is 19.7 Å². The molecule has 1 N–H and O–H groups in total. The summed E-state index contributed by atoms with van der Waals surface area (Å²) in [6.07, 6.45) is 3.62. The van der Waals surface area contributed by atoms with E-state index in [1.807, 2.05) is 35.2 Å². The molecule has 1 aliphatic heterocycles. The maximum Gasteiger partial charge on any atom is 0.178 e. The molecular formula is C15H21NO3. The Balaban J connectivity index is 2.05. The zero-order valence-electron chi connectivity index (χ0n) is 11.1. The van der Waals surface area contributed by atoms with E-state index in [1.54, 1.807) is 0 Å². The summed E-state index contributed by atoms with van der Waals surface area (Å²) in [6, 6.07) is 9.84. The molecule has 1 atom stereocenters. The van der Waals surface area contributed by atoms with Gasteiger partial charge in [-0.25, -0.2) is 0 Å². The number of carbonyl (C=O) groups is 1. The van der Waals surface area contributed by atoms with Crippen LogP contribution >= 0.6 is 0 Å². The van der Waals surface area contributed by atoms with Gasteiger partial charge >= 0.3 is 0 Å². The zero-order chi connectivity index (χ0) is 13.6. The maximum absolute atomic E-state index is 11.5. The van der Waals surface area contributed by atoms with Gasteiger partial charge in [-0.05, 0) is 24.8 Å². The highest BCUT2D eigenvalue weighted by Crippen LogP contribution is 2.28. The van der Waals surface area contributed by atoms with Crippen molar-refractivity contribution in [3.63, 3.8) is 0 Å². The maximum atomic E-state index is 11.5. The molecule has 19 heavy (non-hydrogen) atoms. The molecule has 1 aromatic rings. The summed E-state index contributed by atoms with van der Waals surface area (Å²) in [5.41, 5.74) is 0.190. The lowest BCUT2D eigenvalue weighted by Crippen LogP contribution is -2.55. The Labute approximate surface area is 114 Å². The number of hydrogen-bond acceptors (Lipinski definition) is 4. The minimum Gasteiger partial charge on any atom is -0.395 e. The summed E-state index contributed by atoms with van der Waals surface area (Å²) < 4.78 is 5.92. The van der Waals surface area contributed by atoms with Gasteiger partial charge in [-0.2, -0.15) is 0 Å².